The fraction of sp³-hybridized carbons (Fsp3) is 1.00. The van der Waals surface area contributed by atoms with Gasteiger partial charge in [-0.1, -0.05) is 0 Å². The summed E-state index contributed by atoms with van der Waals surface area (Å²) in [6, 6.07) is 0.350. The molecule has 0 heterocycles. The minimum absolute atomic E-state index is 0.350. The summed E-state index contributed by atoms with van der Waals surface area (Å²) in [5.41, 5.74) is 5.71. The molecule has 0 radical (unpaired) electrons. The van der Waals surface area contributed by atoms with Crippen molar-refractivity contribution < 1.29 is 0 Å². The van der Waals surface area contributed by atoms with Crippen molar-refractivity contribution in [2.24, 2.45) is 23.5 Å². The minimum atomic E-state index is 0.350. The van der Waals surface area contributed by atoms with Crippen molar-refractivity contribution in [1.82, 2.24) is 5.32 Å². The second-order valence-electron chi connectivity index (χ2n) is 5.31. The molecular weight excluding hydrogens is 172 g/mol. The van der Waals surface area contributed by atoms with Crippen molar-refractivity contribution in [1.29, 1.82) is 0 Å². The van der Waals surface area contributed by atoms with Crippen LogP contribution in [0.5, 0.6) is 0 Å². The number of rotatable bonds is 7. The van der Waals surface area contributed by atoms with Crippen LogP contribution in [0.1, 0.15) is 39.0 Å². The lowest BCUT2D eigenvalue weighted by Gasteiger charge is -2.16. The van der Waals surface area contributed by atoms with Crippen LogP contribution in [-0.4, -0.2) is 19.1 Å². The second kappa shape index (κ2) is 4.63. The fourth-order valence-electron chi connectivity index (χ4n) is 2.37. The Bertz CT molecular complexity index is 159. The lowest BCUT2D eigenvalue weighted by molar-refractivity contribution is 0.376. The van der Waals surface area contributed by atoms with E-state index in [4.69, 9.17) is 5.73 Å². The van der Waals surface area contributed by atoms with Gasteiger partial charge in [-0.15, -0.1) is 0 Å². The Kier molecular flexibility index (Phi) is 3.45. The molecule has 0 bridgehead atoms. The van der Waals surface area contributed by atoms with Crippen LogP contribution in [0, 0.1) is 17.8 Å². The summed E-state index contributed by atoms with van der Waals surface area (Å²) in [5, 5.41) is 3.58. The topological polar surface area (TPSA) is 38.0 Å². The lowest BCUT2D eigenvalue weighted by Crippen LogP contribution is -2.29. The SMILES string of the molecule is CC(N)CCNCC(C1CC1)C1CC1. The molecule has 2 nitrogen and oxygen atoms in total. The third-order valence-electron chi connectivity index (χ3n) is 3.61. The van der Waals surface area contributed by atoms with Gasteiger partial charge < -0.3 is 11.1 Å². The smallest absolute Gasteiger partial charge is 0.00225 e. The third kappa shape index (κ3) is 3.25. The van der Waals surface area contributed by atoms with E-state index in [-0.39, 0.29) is 0 Å². The normalized spacial score (nSPS) is 24.2. The maximum atomic E-state index is 5.71. The van der Waals surface area contributed by atoms with Gasteiger partial charge >= 0.3 is 0 Å². The van der Waals surface area contributed by atoms with Crippen molar-refractivity contribution in [2.45, 2.75) is 45.1 Å². The molecule has 0 aromatic carbocycles. The van der Waals surface area contributed by atoms with Gasteiger partial charge in [-0.2, -0.15) is 0 Å². The molecule has 2 aliphatic carbocycles. The summed E-state index contributed by atoms with van der Waals surface area (Å²) in [5.74, 6) is 3.15. The van der Waals surface area contributed by atoms with Gasteiger partial charge in [0, 0.05) is 6.04 Å². The highest BCUT2D eigenvalue weighted by atomic mass is 14.9. The molecule has 1 unspecified atom stereocenters. The molecular formula is C12H24N2. The third-order valence-corrected chi connectivity index (χ3v) is 3.61. The average molecular weight is 196 g/mol. The van der Waals surface area contributed by atoms with Crippen LogP contribution in [0.4, 0.5) is 0 Å². The van der Waals surface area contributed by atoms with E-state index in [1.54, 1.807) is 0 Å². The van der Waals surface area contributed by atoms with Crippen LogP contribution in [0.2, 0.25) is 0 Å². The van der Waals surface area contributed by atoms with Crippen LogP contribution >= 0.6 is 0 Å². The van der Waals surface area contributed by atoms with Gasteiger partial charge in [0.25, 0.3) is 0 Å². The standard InChI is InChI=1S/C12H24N2/c1-9(13)6-7-14-8-12(10-2-3-10)11-4-5-11/h9-12,14H,2-8,13H2,1H3. The molecule has 0 saturated heterocycles. The molecule has 2 saturated carbocycles. The highest BCUT2D eigenvalue weighted by Crippen LogP contribution is 2.48. The molecule has 82 valence electrons. The van der Waals surface area contributed by atoms with E-state index in [0.717, 1.165) is 30.7 Å². The zero-order valence-corrected chi connectivity index (χ0v) is 9.34. The predicted octanol–water partition coefficient (Wildman–Crippen LogP) is 1.75. The molecule has 2 aliphatic rings. The van der Waals surface area contributed by atoms with E-state index in [2.05, 4.69) is 12.2 Å². The first-order valence-corrected chi connectivity index (χ1v) is 6.23. The molecule has 0 amide bonds. The van der Waals surface area contributed by atoms with Crippen LogP contribution in [0.15, 0.2) is 0 Å². The van der Waals surface area contributed by atoms with Gasteiger partial charge in [-0.3, -0.25) is 0 Å². The minimum Gasteiger partial charge on any atom is -0.328 e. The van der Waals surface area contributed by atoms with Gasteiger partial charge in [-0.05, 0) is 69.9 Å². The van der Waals surface area contributed by atoms with Gasteiger partial charge in [0.15, 0.2) is 0 Å². The van der Waals surface area contributed by atoms with Crippen LogP contribution in [0.3, 0.4) is 0 Å². The number of nitrogens with one attached hydrogen (secondary N) is 1. The second-order valence-corrected chi connectivity index (χ2v) is 5.31. The Labute approximate surface area is 87.6 Å². The largest absolute Gasteiger partial charge is 0.328 e. The van der Waals surface area contributed by atoms with E-state index < -0.39 is 0 Å². The summed E-state index contributed by atoms with van der Waals surface area (Å²) in [7, 11) is 0. The van der Waals surface area contributed by atoms with Gasteiger partial charge in [0.1, 0.15) is 0 Å². The summed E-state index contributed by atoms with van der Waals surface area (Å²) in [6.45, 7) is 4.44. The van der Waals surface area contributed by atoms with E-state index in [1.807, 2.05) is 0 Å². The molecule has 0 aromatic heterocycles. The molecule has 14 heavy (non-hydrogen) atoms. The van der Waals surface area contributed by atoms with Gasteiger partial charge in [-0.25, -0.2) is 0 Å². The fourth-order valence-corrected chi connectivity index (χ4v) is 2.37. The van der Waals surface area contributed by atoms with Gasteiger partial charge in [0.05, 0.1) is 0 Å². The van der Waals surface area contributed by atoms with Crippen molar-refractivity contribution in [3.05, 3.63) is 0 Å². The monoisotopic (exact) mass is 196 g/mol. The van der Waals surface area contributed by atoms with Crippen molar-refractivity contribution in [3.63, 3.8) is 0 Å². The van der Waals surface area contributed by atoms with Crippen molar-refractivity contribution >= 4 is 0 Å². The molecule has 3 N–H and O–H groups in total. The lowest BCUT2D eigenvalue weighted by atomic mass is 9.98. The predicted molar refractivity (Wildman–Crippen MR) is 60.1 cm³/mol. The molecule has 2 heteroatoms. The number of hydrogen-bond donors (Lipinski definition) is 2. The summed E-state index contributed by atoms with van der Waals surface area (Å²) in [6.07, 6.45) is 7.10. The Hall–Kier alpha value is -0.0800. The zero-order chi connectivity index (χ0) is 9.97. The quantitative estimate of drug-likeness (QED) is 0.609. The van der Waals surface area contributed by atoms with E-state index >= 15 is 0 Å². The van der Waals surface area contributed by atoms with E-state index in [9.17, 15) is 0 Å². The Balaban J connectivity index is 1.57. The molecule has 2 rings (SSSR count). The van der Waals surface area contributed by atoms with Crippen molar-refractivity contribution in [3.8, 4) is 0 Å². The van der Waals surface area contributed by atoms with Gasteiger partial charge in [0.2, 0.25) is 0 Å². The van der Waals surface area contributed by atoms with Crippen LogP contribution < -0.4 is 11.1 Å². The first kappa shape index (κ1) is 10.4. The van der Waals surface area contributed by atoms with Crippen LogP contribution in [0.25, 0.3) is 0 Å². The maximum absolute atomic E-state index is 5.71. The van der Waals surface area contributed by atoms with E-state index in [1.165, 1.54) is 32.2 Å². The van der Waals surface area contributed by atoms with E-state index in [0.29, 0.717) is 6.04 Å². The first-order chi connectivity index (χ1) is 6.77. The maximum Gasteiger partial charge on any atom is 0.00225 e. The molecule has 0 aliphatic heterocycles. The Morgan fingerprint density at radius 2 is 1.79 bits per heavy atom. The molecule has 1 atom stereocenters. The molecule has 2 fully saturated rings. The van der Waals surface area contributed by atoms with Crippen LogP contribution in [-0.2, 0) is 0 Å². The number of nitrogens with two attached hydrogens (primary N) is 1. The number of hydrogen-bond acceptors (Lipinski definition) is 2. The van der Waals surface area contributed by atoms with Crippen molar-refractivity contribution in [2.75, 3.05) is 13.1 Å². The highest BCUT2D eigenvalue weighted by Gasteiger charge is 2.40. The zero-order valence-electron chi connectivity index (χ0n) is 9.34. The molecule has 0 aromatic rings. The Morgan fingerprint density at radius 3 is 2.21 bits per heavy atom. The average Bonchev–Trinajstić information content (AvgIpc) is 2.99. The summed E-state index contributed by atoms with van der Waals surface area (Å²) < 4.78 is 0. The highest BCUT2D eigenvalue weighted by molar-refractivity contribution is 4.92. The summed E-state index contributed by atoms with van der Waals surface area (Å²) >= 11 is 0. The molecule has 0 spiro atoms. The summed E-state index contributed by atoms with van der Waals surface area (Å²) in [4.78, 5) is 0. The first-order valence-electron chi connectivity index (χ1n) is 6.23. The Morgan fingerprint density at radius 1 is 1.21 bits per heavy atom.